The van der Waals surface area contributed by atoms with Crippen LogP contribution in [0.15, 0.2) is 66.9 Å². The molecule has 1 heterocycles. The van der Waals surface area contributed by atoms with Gasteiger partial charge in [0.05, 0.1) is 6.61 Å². The van der Waals surface area contributed by atoms with Gasteiger partial charge in [-0.1, -0.05) is 60.7 Å². The van der Waals surface area contributed by atoms with Crippen LogP contribution >= 0.6 is 0 Å². The third-order valence-corrected chi connectivity index (χ3v) is 5.22. The van der Waals surface area contributed by atoms with Gasteiger partial charge in [0.1, 0.15) is 12.3 Å². The number of hydrogen-bond donors (Lipinski definition) is 2. The number of nitrogens with one attached hydrogen (secondary N) is 2. The van der Waals surface area contributed by atoms with Crippen molar-refractivity contribution in [2.24, 2.45) is 0 Å². The minimum absolute atomic E-state index is 0.0369. The average molecular weight is 416 g/mol. The molecule has 6 heteroatoms. The van der Waals surface area contributed by atoms with Gasteiger partial charge < -0.3 is 19.8 Å². The molecule has 0 aliphatic heterocycles. The molecule has 1 aliphatic carbocycles. The van der Waals surface area contributed by atoms with E-state index >= 15 is 0 Å². The van der Waals surface area contributed by atoms with Crippen LogP contribution in [0.3, 0.4) is 0 Å². The van der Waals surface area contributed by atoms with Gasteiger partial charge in [0.15, 0.2) is 0 Å². The highest BCUT2D eigenvalue weighted by atomic mass is 16.5. The van der Waals surface area contributed by atoms with Gasteiger partial charge in [-0.15, -0.1) is 0 Å². The van der Waals surface area contributed by atoms with Gasteiger partial charge in [-0.3, -0.25) is 0 Å². The fraction of sp³-hybridized carbons (Fsp3) is 0.200. The Balaban J connectivity index is 1.29. The van der Waals surface area contributed by atoms with E-state index in [-0.39, 0.29) is 18.5 Å². The van der Waals surface area contributed by atoms with Gasteiger partial charge in [-0.25, -0.2) is 9.59 Å². The molecule has 0 bridgehead atoms. The molecule has 4 rings (SSSR count). The minimum Gasteiger partial charge on any atom is -0.461 e. The number of carbonyl (C=O) groups is 2. The number of benzene rings is 2. The SMILES string of the molecule is CCOC(=O)c1cc(C=CCNC(=O)OCC2c3ccccc3-c3ccccc32)c[nH]1. The second-order valence-corrected chi connectivity index (χ2v) is 7.18. The number of carbonyl (C=O) groups excluding carboxylic acids is 2. The molecule has 31 heavy (non-hydrogen) atoms. The third-order valence-electron chi connectivity index (χ3n) is 5.22. The monoisotopic (exact) mass is 416 g/mol. The van der Waals surface area contributed by atoms with Crippen LogP contribution in [-0.4, -0.2) is 36.8 Å². The molecule has 0 atom stereocenters. The second-order valence-electron chi connectivity index (χ2n) is 7.18. The normalized spacial score (nSPS) is 12.4. The summed E-state index contributed by atoms with van der Waals surface area (Å²) in [5, 5.41) is 2.72. The summed E-state index contributed by atoms with van der Waals surface area (Å²) < 4.78 is 10.4. The summed E-state index contributed by atoms with van der Waals surface area (Å²) in [4.78, 5) is 26.7. The number of esters is 1. The molecule has 2 N–H and O–H groups in total. The largest absolute Gasteiger partial charge is 0.461 e. The van der Waals surface area contributed by atoms with Crippen molar-refractivity contribution in [1.82, 2.24) is 10.3 Å². The Morgan fingerprint density at radius 1 is 1.03 bits per heavy atom. The zero-order chi connectivity index (χ0) is 21.6. The van der Waals surface area contributed by atoms with E-state index in [0.717, 1.165) is 5.56 Å². The van der Waals surface area contributed by atoms with Crippen LogP contribution in [0.5, 0.6) is 0 Å². The quantitative estimate of drug-likeness (QED) is 0.545. The van der Waals surface area contributed by atoms with E-state index in [2.05, 4.69) is 34.6 Å². The molecule has 1 aliphatic rings. The summed E-state index contributed by atoms with van der Waals surface area (Å²) in [6.07, 6.45) is 4.84. The molecule has 1 aromatic heterocycles. The number of H-pyrrole nitrogens is 1. The highest BCUT2D eigenvalue weighted by Crippen LogP contribution is 2.44. The van der Waals surface area contributed by atoms with Crippen molar-refractivity contribution in [2.75, 3.05) is 19.8 Å². The molecule has 0 fully saturated rings. The molecule has 0 saturated heterocycles. The average Bonchev–Trinajstić information content (AvgIpc) is 3.39. The Labute approximate surface area is 180 Å². The summed E-state index contributed by atoms with van der Waals surface area (Å²) >= 11 is 0. The van der Waals surface area contributed by atoms with Crippen LogP contribution in [0.1, 0.15) is 40.0 Å². The predicted octanol–water partition coefficient (Wildman–Crippen LogP) is 4.74. The summed E-state index contributed by atoms with van der Waals surface area (Å²) in [6, 6.07) is 18.2. The number of ether oxygens (including phenoxy) is 2. The number of alkyl carbamates (subject to hydrolysis) is 1. The van der Waals surface area contributed by atoms with Crippen molar-refractivity contribution < 1.29 is 19.1 Å². The number of fused-ring (bicyclic) bond motifs is 3. The molecule has 158 valence electrons. The molecule has 0 spiro atoms. The van der Waals surface area contributed by atoms with Gasteiger partial charge in [-0.05, 0) is 40.8 Å². The van der Waals surface area contributed by atoms with Crippen LogP contribution in [-0.2, 0) is 9.47 Å². The van der Waals surface area contributed by atoms with Crippen molar-refractivity contribution in [1.29, 1.82) is 0 Å². The second kappa shape index (κ2) is 9.34. The fourth-order valence-corrected chi connectivity index (χ4v) is 3.82. The van der Waals surface area contributed by atoms with Crippen LogP contribution in [0.2, 0.25) is 0 Å². The van der Waals surface area contributed by atoms with E-state index in [4.69, 9.17) is 9.47 Å². The van der Waals surface area contributed by atoms with E-state index in [9.17, 15) is 9.59 Å². The van der Waals surface area contributed by atoms with Crippen molar-refractivity contribution in [3.05, 3.63) is 89.3 Å². The third kappa shape index (κ3) is 4.53. The van der Waals surface area contributed by atoms with Crippen molar-refractivity contribution >= 4 is 18.1 Å². The lowest BCUT2D eigenvalue weighted by Crippen LogP contribution is -2.26. The standard InChI is InChI=1S/C25H24N2O4/c1-2-30-24(28)23-14-17(15-27-23)8-7-13-26-25(29)31-16-22-20-11-5-3-9-18(20)19-10-4-6-12-21(19)22/h3-12,14-15,22,27H,2,13,16H2,1H3,(H,26,29). The van der Waals surface area contributed by atoms with E-state index in [0.29, 0.717) is 18.8 Å². The molecule has 0 radical (unpaired) electrons. The fourth-order valence-electron chi connectivity index (χ4n) is 3.82. The maximum atomic E-state index is 12.2. The molecule has 2 aromatic carbocycles. The summed E-state index contributed by atoms with van der Waals surface area (Å²) in [6.45, 7) is 2.69. The van der Waals surface area contributed by atoms with Gasteiger partial charge in [0.25, 0.3) is 0 Å². The summed E-state index contributed by atoms with van der Waals surface area (Å²) in [7, 11) is 0. The first kappa shape index (κ1) is 20.5. The van der Waals surface area contributed by atoms with Gasteiger partial charge in [0.2, 0.25) is 0 Å². The van der Waals surface area contributed by atoms with E-state index in [1.165, 1.54) is 22.3 Å². The van der Waals surface area contributed by atoms with Crippen LogP contribution in [0.25, 0.3) is 17.2 Å². The van der Waals surface area contributed by atoms with E-state index in [1.54, 1.807) is 25.3 Å². The number of amides is 1. The summed E-state index contributed by atoms with van der Waals surface area (Å²) in [5.74, 6) is -0.353. The smallest absolute Gasteiger partial charge is 0.407 e. The molecule has 0 saturated carbocycles. The number of aromatic nitrogens is 1. The Bertz CT molecular complexity index is 1070. The van der Waals surface area contributed by atoms with Crippen LogP contribution in [0.4, 0.5) is 4.79 Å². The van der Waals surface area contributed by atoms with Crippen molar-refractivity contribution in [2.45, 2.75) is 12.8 Å². The van der Waals surface area contributed by atoms with Gasteiger partial charge >= 0.3 is 12.1 Å². The molecule has 6 nitrogen and oxygen atoms in total. The molecular weight excluding hydrogens is 392 g/mol. The molecule has 0 unspecified atom stereocenters. The lowest BCUT2D eigenvalue weighted by molar-refractivity contribution is 0.0520. The predicted molar refractivity (Wildman–Crippen MR) is 119 cm³/mol. The Morgan fingerprint density at radius 3 is 2.39 bits per heavy atom. The first-order valence-corrected chi connectivity index (χ1v) is 10.3. The zero-order valence-electron chi connectivity index (χ0n) is 17.3. The molecular formula is C25H24N2O4. The topological polar surface area (TPSA) is 80.4 Å². The first-order valence-electron chi connectivity index (χ1n) is 10.3. The number of hydrogen-bond acceptors (Lipinski definition) is 4. The Kier molecular flexibility index (Phi) is 6.17. The zero-order valence-corrected chi connectivity index (χ0v) is 17.3. The Hall–Kier alpha value is -3.80. The van der Waals surface area contributed by atoms with Gasteiger partial charge in [-0.2, -0.15) is 0 Å². The van der Waals surface area contributed by atoms with Crippen molar-refractivity contribution in [3.63, 3.8) is 0 Å². The van der Waals surface area contributed by atoms with E-state index in [1.807, 2.05) is 30.3 Å². The lowest BCUT2D eigenvalue weighted by atomic mass is 9.98. The molecule has 1 amide bonds. The highest BCUT2D eigenvalue weighted by Gasteiger charge is 2.28. The maximum Gasteiger partial charge on any atom is 0.407 e. The first-order chi connectivity index (χ1) is 15.2. The van der Waals surface area contributed by atoms with Crippen LogP contribution in [0, 0.1) is 0 Å². The maximum absolute atomic E-state index is 12.2. The number of aromatic amines is 1. The summed E-state index contributed by atoms with van der Waals surface area (Å²) in [5.41, 5.74) is 5.97. The molecule has 3 aromatic rings. The highest BCUT2D eigenvalue weighted by molar-refractivity contribution is 5.88. The number of rotatable bonds is 7. The van der Waals surface area contributed by atoms with Crippen LogP contribution < -0.4 is 5.32 Å². The van der Waals surface area contributed by atoms with Crippen molar-refractivity contribution in [3.8, 4) is 11.1 Å². The van der Waals surface area contributed by atoms with Gasteiger partial charge in [0, 0.05) is 18.7 Å². The Morgan fingerprint density at radius 2 is 1.71 bits per heavy atom. The lowest BCUT2D eigenvalue weighted by Gasteiger charge is -2.14. The van der Waals surface area contributed by atoms with E-state index < -0.39 is 6.09 Å². The minimum atomic E-state index is -0.465.